The minimum absolute atomic E-state index is 0.0113. The molecule has 2 saturated heterocycles. The Kier molecular flexibility index (Phi) is 4.95. The molecule has 1 aromatic heterocycles. The topological polar surface area (TPSA) is 73.8 Å². The maximum absolute atomic E-state index is 13.4. The number of hydrogen-bond donors (Lipinski definition) is 0. The normalized spacial score (nSPS) is 24.1. The first-order valence-electron chi connectivity index (χ1n) is 11.9. The van der Waals surface area contributed by atoms with Gasteiger partial charge in [-0.3, -0.25) is 19.3 Å². The molecule has 0 unspecified atom stereocenters. The van der Waals surface area contributed by atoms with Crippen molar-refractivity contribution in [1.29, 1.82) is 0 Å². The van der Waals surface area contributed by atoms with Crippen molar-refractivity contribution < 1.29 is 14.4 Å². The maximum Gasteiger partial charge on any atom is 0.257 e. The summed E-state index contributed by atoms with van der Waals surface area (Å²) in [5, 5.41) is 0.981. The van der Waals surface area contributed by atoms with Crippen LogP contribution in [0.4, 0.5) is 5.69 Å². The van der Waals surface area contributed by atoms with Crippen LogP contribution in [0.3, 0.4) is 0 Å². The minimum Gasteiger partial charge on any atom is -0.333 e. The van der Waals surface area contributed by atoms with Crippen molar-refractivity contribution in [2.75, 3.05) is 18.0 Å². The molecule has 0 N–H and O–H groups in total. The van der Waals surface area contributed by atoms with Gasteiger partial charge in [-0.25, -0.2) is 4.98 Å². The molecule has 0 aliphatic carbocycles. The molecule has 0 spiro atoms. The third-order valence-corrected chi connectivity index (χ3v) is 8.60. The number of fused-ring (bicyclic) bond motifs is 4. The highest BCUT2D eigenvalue weighted by atomic mass is 32.1. The Labute approximate surface area is 202 Å². The SMILES string of the molecule is C[C@]12CCC(=O)N1c1ccccc1C(=O)N2CCC(=O)N1CCC[C@@H]1c1nc2ccccc2s1. The van der Waals surface area contributed by atoms with E-state index >= 15 is 0 Å². The quantitative estimate of drug-likeness (QED) is 0.564. The van der Waals surface area contributed by atoms with E-state index in [4.69, 9.17) is 4.98 Å². The van der Waals surface area contributed by atoms with E-state index in [0.717, 1.165) is 28.1 Å². The Hall–Kier alpha value is -3.26. The fourth-order valence-electron chi connectivity index (χ4n) is 5.75. The highest BCUT2D eigenvalue weighted by molar-refractivity contribution is 7.18. The van der Waals surface area contributed by atoms with Crippen molar-refractivity contribution in [3.8, 4) is 0 Å². The molecule has 0 radical (unpaired) electrons. The van der Waals surface area contributed by atoms with Gasteiger partial charge in [-0.05, 0) is 50.5 Å². The minimum atomic E-state index is -0.736. The number of nitrogens with zero attached hydrogens (tertiary/aromatic N) is 4. The van der Waals surface area contributed by atoms with Gasteiger partial charge >= 0.3 is 0 Å². The van der Waals surface area contributed by atoms with Gasteiger partial charge in [-0.15, -0.1) is 11.3 Å². The van der Waals surface area contributed by atoms with Crippen molar-refractivity contribution in [3.05, 3.63) is 59.1 Å². The summed E-state index contributed by atoms with van der Waals surface area (Å²) in [5.41, 5.74) is 1.44. The van der Waals surface area contributed by atoms with Crippen LogP contribution in [0.2, 0.25) is 0 Å². The Morgan fingerprint density at radius 3 is 2.79 bits per heavy atom. The standard InChI is InChI=1S/C26H26N4O3S/c1-26-14-12-23(32)30(26)19-9-4-2-7-17(19)25(33)29(26)16-13-22(31)28-15-6-10-20(28)24-27-18-8-3-5-11-21(18)34-24/h2-5,7-9,11,20H,6,10,12-16H2,1H3/t20-,26-/m1/s1. The van der Waals surface area contributed by atoms with E-state index in [2.05, 4.69) is 6.07 Å². The molecule has 2 aromatic carbocycles. The molecule has 2 fully saturated rings. The average molecular weight is 475 g/mol. The molecule has 174 valence electrons. The first-order valence-corrected chi connectivity index (χ1v) is 12.7. The number of benzene rings is 2. The van der Waals surface area contributed by atoms with Crippen LogP contribution in [0, 0.1) is 0 Å². The second-order valence-corrected chi connectivity index (χ2v) is 10.5. The second-order valence-electron chi connectivity index (χ2n) is 9.44. The van der Waals surface area contributed by atoms with E-state index in [1.54, 1.807) is 27.2 Å². The fourth-order valence-corrected chi connectivity index (χ4v) is 6.86. The van der Waals surface area contributed by atoms with Gasteiger partial charge in [0.1, 0.15) is 10.7 Å². The Morgan fingerprint density at radius 2 is 1.94 bits per heavy atom. The number of carbonyl (C=O) groups excluding carboxylic acids is 3. The number of rotatable bonds is 4. The molecule has 34 heavy (non-hydrogen) atoms. The van der Waals surface area contributed by atoms with Crippen LogP contribution in [-0.4, -0.2) is 51.3 Å². The Morgan fingerprint density at radius 1 is 1.15 bits per heavy atom. The van der Waals surface area contributed by atoms with Crippen molar-refractivity contribution in [3.63, 3.8) is 0 Å². The summed E-state index contributed by atoms with van der Waals surface area (Å²) in [5.74, 6) is -0.0527. The van der Waals surface area contributed by atoms with Gasteiger partial charge < -0.3 is 9.80 Å². The lowest BCUT2D eigenvalue weighted by molar-refractivity contribution is -0.132. The molecular weight excluding hydrogens is 448 g/mol. The van der Waals surface area contributed by atoms with Gasteiger partial charge in [0.15, 0.2) is 0 Å². The van der Waals surface area contributed by atoms with E-state index in [-0.39, 0.29) is 36.7 Å². The molecule has 4 heterocycles. The molecule has 8 heteroatoms. The predicted molar refractivity (Wildman–Crippen MR) is 131 cm³/mol. The zero-order chi connectivity index (χ0) is 23.4. The van der Waals surface area contributed by atoms with Crippen molar-refractivity contribution >= 4 is 45.0 Å². The summed E-state index contributed by atoms with van der Waals surface area (Å²) < 4.78 is 1.13. The van der Waals surface area contributed by atoms with Crippen LogP contribution < -0.4 is 4.90 Å². The van der Waals surface area contributed by atoms with Crippen LogP contribution in [0.1, 0.15) is 60.4 Å². The molecule has 3 aromatic rings. The summed E-state index contributed by atoms with van der Waals surface area (Å²) in [7, 11) is 0. The van der Waals surface area contributed by atoms with Gasteiger partial charge in [-0.2, -0.15) is 0 Å². The van der Waals surface area contributed by atoms with E-state index in [9.17, 15) is 14.4 Å². The smallest absolute Gasteiger partial charge is 0.257 e. The third kappa shape index (κ3) is 3.15. The van der Waals surface area contributed by atoms with E-state index in [0.29, 0.717) is 30.6 Å². The molecular formula is C26H26N4O3S. The fraction of sp³-hybridized carbons (Fsp3) is 0.385. The number of hydrogen-bond acceptors (Lipinski definition) is 5. The van der Waals surface area contributed by atoms with E-state index in [1.807, 2.05) is 48.2 Å². The molecule has 0 saturated carbocycles. The Balaban J connectivity index is 1.23. The summed E-state index contributed by atoms with van der Waals surface area (Å²) >= 11 is 1.65. The number of amides is 3. The van der Waals surface area contributed by atoms with Crippen LogP contribution in [0.15, 0.2) is 48.5 Å². The van der Waals surface area contributed by atoms with Crippen molar-refractivity contribution in [2.45, 2.75) is 50.7 Å². The average Bonchev–Trinajstić information content (AvgIpc) is 3.56. The summed E-state index contributed by atoms with van der Waals surface area (Å²) in [6, 6.07) is 15.3. The van der Waals surface area contributed by atoms with Gasteiger partial charge in [0.25, 0.3) is 5.91 Å². The van der Waals surface area contributed by atoms with Crippen molar-refractivity contribution in [2.24, 2.45) is 0 Å². The molecule has 3 amide bonds. The number of anilines is 1. The third-order valence-electron chi connectivity index (χ3n) is 7.46. The predicted octanol–water partition coefficient (Wildman–Crippen LogP) is 4.35. The summed E-state index contributed by atoms with van der Waals surface area (Å²) in [4.78, 5) is 49.8. The first-order chi connectivity index (χ1) is 16.5. The number of likely N-dealkylation sites (tertiary alicyclic amines) is 1. The molecule has 3 aliphatic heterocycles. The van der Waals surface area contributed by atoms with E-state index in [1.165, 1.54) is 0 Å². The summed E-state index contributed by atoms with van der Waals surface area (Å²) in [6.45, 7) is 2.93. The monoisotopic (exact) mass is 474 g/mol. The largest absolute Gasteiger partial charge is 0.333 e. The lowest BCUT2D eigenvalue weighted by atomic mass is 9.98. The highest BCUT2D eigenvalue weighted by Gasteiger charge is 2.53. The zero-order valence-electron chi connectivity index (χ0n) is 19.1. The number of thiazole rings is 1. The second kappa shape index (κ2) is 7.91. The van der Waals surface area contributed by atoms with Gasteiger partial charge in [0.05, 0.1) is 27.5 Å². The Bertz CT molecular complexity index is 1290. The summed E-state index contributed by atoms with van der Waals surface area (Å²) in [6.07, 6.45) is 3.04. The van der Waals surface area contributed by atoms with E-state index < -0.39 is 5.66 Å². The number of carbonyl (C=O) groups is 3. The molecule has 7 nitrogen and oxygen atoms in total. The van der Waals surface area contributed by atoms with Gasteiger partial charge in [0.2, 0.25) is 11.8 Å². The molecule has 2 atom stereocenters. The number of aromatic nitrogens is 1. The molecule has 3 aliphatic rings. The maximum atomic E-state index is 13.4. The van der Waals surface area contributed by atoms with Crippen LogP contribution >= 0.6 is 11.3 Å². The first kappa shape index (κ1) is 21.3. The van der Waals surface area contributed by atoms with Crippen LogP contribution in [0.5, 0.6) is 0 Å². The van der Waals surface area contributed by atoms with Gasteiger partial charge in [0, 0.05) is 25.9 Å². The lowest BCUT2D eigenvalue weighted by Crippen LogP contribution is -2.62. The zero-order valence-corrected chi connectivity index (χ0v) is 19.9. The number of para-hydroxylation sites is 2. The molecule has 0 bridgehead atoms. The highest BCUT2D eigenvalue weighted by Crippen LogP contribution is 2.44. The van der Waals surface area contributed by atoms with Crippen molar-refractivity contribution in [1.82, 2.24) is 14.8 Å². The lowest BCUT2D eigenvalue weighted by Gasteiger charge is -2.48. The van der Waals surface area contributed by atoms with Crippen LogP contribution in [0.25, 0.3) is 10.2 Å². The van der Waals surface area contributed by atoms with Crippen LogP contribution in [-0.2, 0) is 9.59 Å². The van der Waals surface area contributed by atoms with Gasteiger partial charge in [-0.1, -0.05) is 24.3 Å². The molecule has 6 rings (SSSR count).